The van der Waals surface area contributed by atoms with Gasteiger partial charge in [-0.25, -0.2) is 0 Å². The van der Waals surface area contributed by atoms with Gasteiger partial charge in [0.2, 0.25) is 0 Å². The molecule has 2 atom stereocenters. The van der Waals surface area contributed by atoms with E-state index < -0.39 is 15.2 Å². The number of hydrogen-bond acceptors (Lipinski definition) is 6. The number of rotatable bonds is 4. The summed E-state index contributed by atoms with van der Waals surface area (Å²) in [5.74, 6) is 0. The molecule has 9 heteroatoms. The number of hydrogen-bond donors (Lipinski definition) is 0. The second-order valence-electron chi connectivity index (χ2n) is 4.03. The van der Waals surface area contributed by atoms with Crippen molar-refractivity contribution < 1.29 is 28.0 Å². The second-order valence-corrected chi connectivity index (χ2v) is 7.78. The zero-order valence-electron chi connectivity index (χ0n) is 12.8. The van der Waals surface area contributed by atoms with Gasteiger partial charge in [-0.1, -0.05) is 60.7 Å². The van der Waals surface area contributed by atoms with Crippen LogP contribution in [0.1, 0.15) is 0 Å². The zero-order chi connectivity index (χ0) is 16.6. The molecule has 0 aliphatic heterocycles. The first kappa shape index (κ1) is 23.3. The standard InChI is InChI=1S/2C7H9O3P.Ba/c2*1-10-11(8,9)7-5-3-2-4-6-7;/h2*2-6H,1H3,(H,8,9);/q;;+2/p-2. The van der Waals surface area contributed by atoms with Crippen LogP contribution in [0, 0.1) is 0 Å². The molecule has 0 saturated carbocycles. The van der Waals surface area contributed by atoms with E-state index in [2.05, 4.69) is 9.05 Å². The Balaban J connectivity index is 0.000000403. The maximum Gasteiger partial charge on any atom is 2.00 e. The van der Waals surface area contributed by atoms with E-state index in [9.17, 15) is 18.9 Å². The minimum atomic E-state index is -3.78. The van der Waals surface area contributed by atoms with Gasteiger partial charge in [-0.3, -0.25) is 0 Å². The Morgan fingerprint density at radius 1 is 0.696 bits per heavy atom. The molecule has 0 fully saturated rings. The molecule has 23 heavy (non-hydrogen) atoms. The van der Waals surface area contributed by atoms with Crippen molar-refractivity contribution in [3.63, 3.8) is 0 Å². The van der Waals surface area contributed by atoms with Gasteiger partial charge in [-0.05, 0) is 0 Å². The third kappa shape index (κ3) is 7.82. The van der Waals surface area contributed by atoms with Gasteiger partial charge in [0, 0.05) is 24.8 Å². The van der Waals surface area contributed by atoms with Gasteiger partial charge >= 0.3 is 48.9 Å². The fourth-order valence-electron chi connectivity index (χ4n) is 1.43. The quantitative estimate of drug-likeness (QED) is 0.472. The first-order valence-corrected chi connectivity index (χ1v) is 9.27. The minimum Gasteiger partial charge on any atom is -0.775 e. The van der Waals surface area contributed by atoms with Crippen LogP contribution in [-0.2, 0) is 18.2 Å². The summed E-state index contributed by atoms with van der Waals surface area (Å²) in [6.45, 7) is 0. The minimum absolute atomic E-state index is 0. The van der Waals surface area contributed by atoms with Crippen molar-refractivity contribution in [3.05, 3.63) is 60.7 Å². The van der Waals surface area contributed by atoms with E-state index in [-0.39, 0.29) is 59.5 Å². The first-order chi connectivity index (χ1) is 10.3. The van der Waals surface area contributed by atoms with Crippen LogP contribution in [0.15, 0.2) is 60.7 Å². The summed E-state index contributed by atoms with van der Waals surface area (Å²) in [5, 5.41) is 0.421. The third-order valence-corrected chi connectivity index (χ3v) is 5.45. The van der Waals surface area contributed by atoms with E-state index >= 15 is 0 Å². The Labute approximate surface area is 176 Å². The summed E-state index contributed by atoms with van der Waals surface area (Å²) in [7, 11) is -5.24. The summed E-state index contributed by atoms with van der Waals surface area (Å²) in [6, 6.07) is 16.1. The first-order valence-electron chi connectivity index (χ1n) is 6.18. The summed E-state index contributed by atoms with van der Waals surface area (Å²) >= 11 is 0. The monoisotopic (exact) mass is 480 g/mol. The van der Waals surface area contributed by atoms with E-state index in [0.717, 1.165) is 14.2 Å². The molecule has 2 unspecified atom stereocenters. The molecule has 2 aromatic carbocycles. The van der Waals surface area contributed by atoms with Crippen LogP contribution in [0.5, 0.6) is 0 Å². The third-order valence-electron chi connectivity index (χ3n) is 2.63. The van der Waals surface area contributed by atoms with Crippen molar-refractivity contribution in [1.29, 1.82) is 0 Å². The Morgan fingerprint density at radius 2 is 0.957 bits per heavy atom. The van der Waals surface area contributed by atoms with Crippen molar-refractivity contribution in [1.82, 2.24) is 0 Å². The maximum atomic E-state index is 11.0. The largest absolute Gasteiger partial charge is 2.00 e. The summed E-state index contributed by atoms with van der Waals surface area (Å²) < 4.78 is 30.7. The average molecular weight is 480 g/mol. The van der Waals surface area contributed by atoms with Gasteiger partial charge in [0.1, 0.15) is 0 Å². The Hall–Kier alpha value is 0.311. The normalized spacial score (nSPS) is 15.1. The Morgan fingerprint density at radius 3 is 1.17 bits per heavy atom. The Kier molecular flexibility index (Phi) is 11.2. The fourth-order valence-corrected chi connectivity index (χ4v) is 2.93. The molecule has 6 nitrogen and oxygen atoms in total. The van der Waals surface area contributed by atoms with Crippen LogP contribution in [0.25, 0.3) is 0 Å². The van der Waals surface area contributed by atoms with Crippen molar-refractivity contribution in [2.45, 2.75) is 0 Å². The molecule has 0 bridgehead atoms. The average Bonchev–Trinajstić information content (AvgIpc) is 2.57. The van der Waals surface area contributed by atoms with Gasteiger partial charge < -0.3 is 28.0 Å². The van der Waals surface area contributed by atoms with Gasteiger partial charge in [0.05, 0.1) is 0 Å². The van der Waals surface area contributed by atoms with Gasteiger partial charge in [-0.2, -0.15) is 0 Å². The molecule has 0 aliphatic carbocycles. The van der Waals surface area contributed by atoms with Crippen LogP contribution >= 0.6 is 15.2 Å². The molecule has 0 N–H and O–H groups in total. The smallest absolute Gasteiger partial charge is 0.775 e. The molecule has 0 amide bonds. The molecule has 120 valence electrons. The van der Waals surface area contributed by atoms with Crippen LogP contribution in [-0.4, -0.2) is 63.1 Å². The molecule has 0 aromatic heterocycles. The van der Waals surface area contributed by atoms with Gasteiger partial charge in [-0.15, -0.1) is 0 Å². The van der Waals surface area contributed by atoms with Crippen LogP contribution in [0.3, 0.4) is 0 Å². The van der Waals surface area contributed by atoms with Crippen molar-refractivity contribution in [2.24, 2.45) is 0 Å². The van der Waals surface area contributed by atoms with Crippen molar-refractivity contribution >= 4 is 74.7 Å². The maximum absolute atomic E-state index is 11.0. The molecule has 0 spiro atoms. The topological polar surface area (TPSA) is 98.7 Å². The molecule has 2 aromatic rings. The van der Waals surface area contributed by atoms with Gasteiger partial charge in [0.15, 0.2) is 15.2 Å². The fraction of sp³-hybridized carbons (Fsp3) is 0.143. The Bertz CT molecular complexity index is 606. The van der Waals surface area contributed by atoms with Crippen LogP contribution in [0.2, 0.25) is 0 Å². The second kappa shape index (κ2) is 11.0. The molecule has 2 rings (SSSR count). The number of benzene rings is 2. The molecular formula is C14H16BaO6P2. The van der Waals surface area contributed by atoms with Crippen molar-refractivity contribution in [2.75, 3.05) is 14.2 Å². The molecule has 0 aliphatic rings. The van der Waals surface area contributed by atoms with Crippen molar-refractivity contribution in [3.8, 4) is 0 Å². The van der Waals surface area contributed by atoms with Crippen LogP contribution in [0.4, 0.5) is 0 Å². The molecule has 0 heterocycles. The molecule has 0 saturated heterocycles. The predicted molar refractivity (Wildman–Crippen MR) is 87.1 cm³/mol. The zero-order valence-corrected chi connectivity index (χ0v) is 19.1. The van der Waals surface area contributed by atoms with E-state index in [4.69, 9.17) is 0 Å². The predicted octanol–water partition coefficient (Wildman–Crippen LogP) is 0.643. The summed E-state index contributed by atoms with van der Waals surface area (Å²) in [6.07, 6.45) is 0. The van der Waals surface area contributed by atoms with E-state index in [1.807, 2.05) is 0 Å². The van der Waals surface area contributed by atoms with Crippen LogP contribution < -0.4 is 20.4 Å². The van der Waals surface area contributed by atoms with E-state index in [0.29, 0.717) is 0 Å². The molecule has 0 radical (unpaired) electrons. The van der Waals surface area contributed by atoms with E-state index in [1.54, 1.807) is 36.4 Å². The molecular weight excluding hydrogens is 463 g/mol. The summed E-state index contributed by atoms with van der Waals surface area (Å²) in [5.41, 5.74) is 0. The SMILES string of the molecule is COP(=O)([O-])c1ccccc1.COP(=O)([O-])c1ccccc1.[Ba+2]. The van der Waals surface area contributed by atoms with E-state index in [1.165, 1.54) is 24.3 Å². The summed E-state index contributed by atoms with van der Waals surface area (Å²) in [4.78, 5) is 22.0. The van der Waals surface area contributed by atoms with Gasteiger partial charge in [0.25, 0.3) is 0 Å².